The van der Waals surface area contributed by atoms with Crippen molar-refractivity contribution >= 4 is 11.7 Å². The van der Waals surface area contributed by atoms with E-state index in [1.54, 1.807) is 0 Å². The molecule has 1 aromatic carbocycles. The molecule has 0 aliphatic heterocycles. The number of amides is 2. The fraction of sp³-hybridized carbons (Fsp3) is 0.364. The highest BCUT2D eigenvalue weighted by atomic mass is 16.2. The number of benzene rings is 1. The maximum atomic E-state index is 11.4. The first-order valence-corrected chi connectivity index (χ1v) is 4.96. The maximum absolute atomic E-state index is 11.4. The Morgan fingerprint density at radius 3 is 2.47 bits per heavy atom. The first-order valence-electron chi connectivity index (χ1n) is 4.96. The highest BCUT2D eigenvalue weighted by molar-refractivity contribution is 5.90. The molecule has 1 rings (SSSR count). The van der Waals surface area contributed by atoms with Crippen LogP contribution in [0.3, 0.4) is 0 Å². The van der Waals surface area contributed by atoms with Crippen LogP contribution in [0.1, 0.15) is 11.1 Å². The third-order valence-electron chi connectivity index (χ3n) is 2.15. The molecule has 0 spiro atoms. The standard InChI is InChI=1S/C11H17N3O/c1-8-4-3-5-9(2)10(8)14-11(15)13-7-6-12/h3-5H,6-7,12H2,1-2H3,(H2,13,14,15). The van der Waals surface area contributed by atoms with Crippen molar-refractivity contribution in [1.82, 2.24) is 5.32 Å². The third-order valence-corrected chi connectivity index (χ3v) is 2.15. The van der Waals surface area contributed by atoms with Crippen LogP contribution < -0.4 is 16.4 Å². The van der Waals surface area contributed by atoms with E-state index in [0.29, 0.717) is 13.1 Å². The van der Waals surface area contributed by atoms with Gasteiger partial charge in [-0.2, -0.15) is 0 Å². The second-order valence-corrected chi connectivity index (χ2v) is 3.44. The molecule has 0 radical (unpaired) electrons. The van der Waals surface area contributed by atoms with Gasteiger partial charge in [-0.3, -0.25) is 0 Å². The zero-order chi connectivity index (χ0) is 11.3. The second-order valence-electron chi connectivity index (χ2n) is 3.44. The van der Waals surface area contributed by atoms with Gasteiger partial charge in [-0.1, -0.05) is 18.2 Å². The van der Waals surface area contributed by atoms with Crippen molar-refractivity contribution in [3.05, 3.63) is 29.3 Å². The van der Waals surface area contributed by atoms with Gasteiger partial charge in [-0.05, 0) is 25.0 Å². The molecule has 15 heavy (non-hydrogen) atoms. The van der Waals surface area contributed by atoms with Gasteiger partial charge in [0.1, 0.15) is 0 Å². The molecular weight excluding hydrogens is 190 g/mol. The number of urea groups is 1. The smallest absolute Gasteiger partial charge is 0.319 e. The molecule has 0 unspecified atom stereocenters. The summed E-state index contributed by atoms with van der Waals surface area (Å²) in [6.07, 6.45) is 0. The summed E-state index contributed by atoms with van der Waals surface area (Å²) in [6, 6.07) is 5.68. The Bertz CT molecular complexity index is 329. The Kier molecular flexibility index (Phi) is 4.12. The molecule has 0 aromatic heterocycles. The molecule has 0 aliphatic rings. The lowest BCUT2D eigenvalue weighted by molar-refractivity contribution is 0.252. The summed E-state index contributed by atoms with van der Waals surface area (Å²) in [6.45, 7) is 4.86. The highest BCUT2D eigenvalue weighted by Crippen LogP contribution is 2.18. The van der Waals surface area contributed by atoms with E-state index in [-0.39, 0.29) is 6.03 Å². The fourth-order valence-corrected chi connectivity index (χ4v) is 1.36. The number of hydrogen-bond acceptors (Lipinski definition) is 2. The molecule has 0 saturated heterocycles. The van der Waals surface area contributed by atoms with E-state index in [2.05, 4.69) is 10.6 Å². The van der Waals surface area contributed by atoms with E-state index in [1.807, 2.05) is 32.0 Å². The van der Waals surface area contributed by atoms with Gasteiger partial charge in [0.2, 0.25) is 0 Å². The molecule has 82 valence electrons. The van der Waals surface area contributed by atoms with Crippen LogP contribution in [0.25, 0.3) is 0 Å². The number of para-hydroxylation sites is 1. The highest BCUT2D eigenvalue weighted by Gasteiger charge is 2.05. The molecule has 4 heteroatoms. The second kappa shape index (κ2) is 5.36. The van der Waals surface area contributed by atoms with Crippen LogP contribution in [0.15, 0.2) is 18.2 Å². The van der Waals surface area contributed by atoms with E-state index in [1.165, 1.54) is 0 Å². The molecule has 0 fully saturated rings. The van der Waals surface area contributed by atoms with Crippen molar-refractivity contribution < 1.29 is 4.79 Å². The molecule has 4 nitrogen and oxygen atoms in total. The molecule has 0 saturated carbocycles. The maximum Gasteiger partial charge on any atom is 0.319 e. The normalized spacial score (nSPS) is 9.80. The summed E-state index contributed by atoms with van der Waals surface area (Å²) in [4.78, 5) is 11.4. The average Bonchev–Trinajstić information content (AvgIpc) is 2.21. The van der Waals surface area contributed by atoms with E-state index >= 15 is 0 Å². The minimum Gasteiger partial charge on any atom is -0.337 e. The van der Waals surface area contributed by atoms with Crippen LogP contribution in [0.2, 0.25) is 0 Å². The number of anilines is 1. The van der Waals surface area contributed by atoms with Gasteiger partial charge >= 0.3 is 6.03 Å². The Morgan fingerprint density at radius 1 is 1.33 bits per heavy atom. The Morgan fingerprint density at radius 2 is 1.93 bits per heavy atom. The van der Waals surface area contributed by atoms with Crippen molar-refractivity contribution in [2.24, 2.45) is 5.73 Å². The molecule has 1 aromatic rings. The van der Waals surface area contributed by atoms with E-state index in [9.17, 15) is 4.79 Å². The monoisotopic (exact) mass is 207 g/mol. The molecule has 0 heterocycles. The van der Waals surface area contributed by atoms with Crippen molar-refractivity contribution in [3.63, 3.8) is 0 Å². The van der Waals surface area contributed by atoms with Gasteiger partial charge < -0.3 is 16.4 Å². The number of nitrogens with one attached hydrogen (secondary N) is 2. The molecule has 0 aliphatic carbocycles. The van der Waals surface area contributed by atoms with Crippen LogP contribution in [0, 0.1) is 13.8 Å². The lowest BCUT2D eigenvalue weighted by atomic mass is 10.1. The number of aryl methyl sites for hydroxylation is 2. The summed E-state index contributed by atoms with van der Waals surface area (Å²) < 4.78 is 0. The number of carbonyl (C=O) groups excluding carboxylic acids is 1. The van der Waals surface area contributed by atoms with Gasteiger partial charge in [0.25, 0.3) is 0 Å². The zero-order valence-electron chi connectivity index (χ0n) is 9.13. The van der Waals surface area contributed by atoms with Crippen molar-refractivity contribution in [1.29, 1.82) is 0 Å². The van der Waals surface area contributed by atoms with Crippen LogP contribution in [-0.2, 0) is 0 Å². The van der Waals surface area contributed by atoms with Crippen LogP contribution in [0.5, 0.6) is 0 Å². The molecule has 0 atom stereocenters. The molecular formula is C11H17N3O. The first kappa shape index (κ1) is 11.5. The Balaban J connectivity index is 2.68. The predicted molar refractivity (Wildman–Crippen MR) is 62.0 cm³/mol. The molecule has 0 bridgehead atoms. The predicted octanol–water partition coefficient (Wildman–Crippen LogP) is 1.38. The minimum absolute atomic E-state index is 0.210. The van der Waals surface area contributed by atoms with Crippen molar-refractivity contribution in [3.8, 4) is 0 Å². The van der Waals surface area contributed by atoms with Crippen LogP contribution >= 0.6 is 0 Å². The number of nitrogens with two attached hydrogens (primary N) is 1. The summed E-state index contributed by atoms with van der Waals surface area (Å²) in [7, 11) is 0. The van der Waals surface area contributed by atoms with Gasteiger partial charge in [0.05, 0.1) is 0 Å². The summed E-state index contributed by atoms with van der Waals surface area (Å²) in [5.41, 5.74) is 8.26. The van der Waals surface area contributed by atoms with Gasteiger partial charge in [0, 0.05) is 18.8 Å². The van der Waals surface area contributed by atoms with E-state index < -0.39 is 0 Å². The molecule has 2 amide bonds. The Hall–Kier alpha value is -1.55. The minimum atomic E-state index is -0.210. The first-order chi connectivity index (χ1) is 7.15. The lowest BCUT2D eigenvalue weighted by Gasteiger charge is -2.11. The topological polar surface area (TPSA) is 67.2 Å². The summed E-state index contributed by atoms with van der Waals surface area (Å²) in [5.74, 6) is 0. The van der Waals surface area contributed by atoms with Gasteiger partial charge in [0.15, 0.2) is 0 Å². The lowest BCUT2D eigenvalue weighted by Crippen LogP contribution is -2.33. The SMILES string of the molecule is Cc1cccc(C)c1NC(=O)NCCN. The largest absolute Gasteiger partial charge is 0.337 e. The fourth-order valence-electron chi connectivity index (χ4n) is 1.36. The summed E-state index contributed by atoms with van der Waals surface area (Å²) in [5, 5.41) is 5.47. The van der Waals surface area contributed by atoms with Gasteiger partial charge in [-0.25, -0.2) is 4.79 Å². The van der Waals surface area contributed by atoms with E-state index in [4.69, 9.17) is 5.73 Å². The average molecular weight is 207 g/mol. The van der Waals surface area contributed by atoms with E-state index in [0.717, 1.165) is 16.8 Å². The number of rotatable bonds is 3. The quantitative estimate of drug-likeness (QED) is 0.701. The summed E-state index contributed by atoms with van der Waals surface area (Å²) >= 11 is 0. The third kappa shape index (κ3) is 3.25. The molecule has 4 N–H and O–H groups in total. The van der Waals surface area contributed by atoms with Gasteiger partial charge in [-0.15, -0.1) is 0 Å². The number of carbonyl (C=O) groups is 1. The van der Waals surface area contributed by atoms with Crippen LogP contribution in [0.4, 0.5) is 10.5 Å². The zero-order valence-corrected chi connectivity index (χ0v) is 9.13. The Labute approximate surface area is 89.9 Å². The van der Waals surface area contributed by atoms with Crippen molar-refractivity contribution in [2.75, 3.05) is 18.4 Å². The van der Waals surface area contributed by atoms with Crippen LogP contribution in [-0.4, -0.2) is 19.1 Å². The van der Waals surface area contributed by atoms with Crippen molar-refractivity contribution in [2.45, 2.75) is 13.8 Å². The number of hydrogen-bond donors (Lipinski definition) is 3.